The Labute approximate surface area is 153 Å². The number of phenolic OH excluding ortho intramolecular Hbond substituents is 1. The predicted octanol–water partition coefficient (Wildman–Crippen LogP) is 2.38. The third-order valence-electron chi connectivity index (χ3n) is 5.35. The molecule has 1 aromatic rings. The first-order valence-electron chi connectivity index (χ1n) is 9.05. The lowest BCUT2D eigenvalue weighted by Crippen LogP contribution is -2.47. The number of carbonyl (C=O) groups excluding carboxylic acids is 1. The van der Waals surface area contributed by atoms with Crippen LogP contribution in [0.15, 0.2) is 0 Å². The van der Waals surface area contributed by atoms with Crippen LogP contribution in [-0.2, 0) is 12.8 Å². The Morgan fingerprint density at radius 2 is 1.81 bits per heavy atom. The van der Waals surface area contributed by atoms with E-state index in [1.165, 1.54) is 0 Å². The minimum atomic E-state index is -1.12. The molecule has 0 amide bonds. The zero-order valence-corrected chi connectivity index (χ0v) is 16.2. The molecule has 0 spiro atoms. The summed E-state index contributed by atoms with van der Waals surface area (Å²) in [4.78, 5) is 12.8. The van der Waals surface area contributed by atoms with Crippen LogP contribution in [0.25, 0.3) is 0 Å². The van der Waals surface area contributed by atoms with Gasteiger partial charge in [0.2, 0.25) is 0 Å². The van der Waals surface area contributed by atoms with E-state index in [0.717, 1.165) is 0 Å². The first-order valence-corrected chi connectivity index (χ1v) is 9.05. The van der Waals surface area contributed by atoms with Crippen molar-refractivity contribution in [2.45, 2.75) is 77.8 Å². The van der Waals surface area contributed by atoms with Crippen molar-refractivity contribution in [2.75, 3.05) is 0 Å². The van der Waals surface area contributed by atoms with Crippen molar-refractivity contribution in [2.24, 2.45) is 5.92 Å². The summed E-state index contributed by atoms with van der Waals surface area (Å²) in [6.07, 6.45) is -0.794. The van der Waals surface area contributed by atoms with Gasteiger partial charge >= 0.3 is 0 Å². The van der Waals surface area contributed by atoms with Crippen LogP contribution in [0.3, 0.4) is 0 Å². The molecule has 0 saturated heterocycles. The Kier molecular flexibility index (Phi) is 4.28. The molecule has 1 aromatic carbocycles. The molecule has 0 unspecified atom stereocenters. The monoisotopic (exact) mass is 364 g/mol. The zero-order valence-electron chi connectivity index (χ0n) is 16.2. The zero-order chi connectivity index (χ0) is 19.6. The molecule has 144 valence electrons. The Hall–Kier alpha value is -1.79. The van der Waals surface area contributed by atoms with E-state index in [9.17, 15) is 20.1 Å². The lowest BCUT2D eigenvalue weighted by Gasteiger charge is -2.38. The smallest absolute Gasteiger partial charge is 0.172 e. The van der Waals surface area contributed by atoms with Gasteiger partial charge in [0, 0.05) is 29.9 Å². The summed E-state index contributed by atoms with van der Waals surface area (Å²) in [7, 11) is 0. The average molecular weight is 364 g/mol. The van der Waals surface area contributed by atoms with Gasteiger partial charge < -0.3 is 24.8 Å². The van der Waals surface area contributed by atoms with Crippen LogP contribution in [0.4, 0.5) is 0 Å². The Morgan fingerprint density at radius 3 is 2.35 bits per heavy atom. The molecule has 0 bridgehead atoms. The summed E-state index contributed by atoms with van der Waals surface area (Å²) in [5, 5.41) is 31.7. The van der Waals surface area contributed by atoms with E-state index in [2.05, 4.69) is 0 Å². The summed E-state index contributed by atoms with van der Waals surface area (Å²) < 4.78 is 11.9. The van der Waals surface area contributed by atoms with Gasteiger partial charge in [0.25, 0.3) is 0 Å². The number of Topliss-reactive ketones (excluding diaryl/α,β-unsaturated/α-hetero) is 1. The summed E-state index contributed by atoms with van der Waals surface area (Å²) >= 11 is 0. The van der Waals surface area contributed by atoms with Crippen molar-refractivity contribution in [1.82, 2.24) is 0 Å². The summed E-state index contributed by atoms with van der Waals surface area (Å²) in [6, 6.07) is 0. The van der Waals surface area contributed by atoms with E-state index in [0.29, 0.717) is 16.9 Å². The molecule has 2 atom stereocenters. The largest absolute Gasteiger partial charge is 0.507 e. The Bertz CT molecular complexity index is 757. The van der Waals surface area contributed by atoms with Gasteiger partial charge in [-0.1, -0.05) is 13.8 Å². The number of ether oxygens (including phenoxy) is 2. The topological polar surface area (TPSA) is 96.2 Å². The van der Waals surface area contributed by atoms with E-state index < -0.39 is 23.4 Å². The molecule has 0 aromatic heterocycles. The molecule has 0 saturated carbocycles. The van der Waals surface area contributed by atoms with Gasteiger partial charge in [-0.3, -0.25) is 4.79 Å². The Morgan fingerprint density at radius 1 is 1.19 bits per heavy atom. The minimum Gasteiger partial charge on any atom is -0.507 e. The third kappa shape index (κ3) is 2.85. The SMILES string of the molecule is CC(C)C(=O)c1c(O)c2c(c3c1OC(C)(C)[C@@H](O)C3)O[C@@H](C(C)(C)O)C2. The van der Waals surface area contributed by atoms with E-state index in [1.54, 1.807) is 41.5 Å². The highest BCUT2D eigenvalue weighted by atomic mass is 16.5. The summed E-state index contributed by atoms with van der Waals surface area (Å²) in [6.45, 7) is 10.3. The van der Waals surface area contributed by atoms with Crippen LogP contribution in [0.1, 0.15) is 63.0 Å². The van der Waals surface area contributed by atoms with E-state index >= 15 is 0 Å². The van der Waals surface area contributed by atoms with Crippen molar-refractivity contribution in [3.63, 3.8) is 0 Å². The highest BCUT2D eigenvalue weighted by molar-refractivity contribution is 6.04. The molecule has 26 heavy (non-hydrogen) atoms. The van der Waals surface area contributed by atoms with Crippen LogP contribution < -0.4 is 9.47 Å². The number of aromatic hydroxyl groups is 1. The second-order valence-corrected chi connectivity index (χ2v) is 8.75. The van der Waals surface area contributed by atoms with Crippen LogP contribution in [-0.4, -0.2) is 44.5 Å². The second kappa shape index (κ2) is 5.86. The fourth-order valence-corrected chi connectivity index (χ4v) is 3.48. The normalized spacial score (nSPS) is 23.9. The van der Waals surface area contributed by atoms with E-state index in [4.69, 9.17) is 9.47 Å². The maximum absolute atomic E-state index is 12.8. The Balaban J connectivity index is 2.24. The van der Waals surface area contributed by atoms with Gasteiger partial charge in [0.05, 0.1) is 11.7 Å². The fourth-order valence-electron chi connectivity index (χ4n) is 3.48. The highest BCUT2D eigenvalue weighted by Crippen LogP contribution is 2.52. The van der Waals surface area contributed by atoms with Crippen LogP contribution in [0.5, 0.6) is 17.2 Å². The van der Waals surface area contributed by atoms with Gasteiger partial charge in [-0.2, -0.15) is 0 Å². The number of hydrogen-bond acceptors (Lipinski definition) is 6. The number of phenols is 1. The van der Waals surface area contributed by atoms with Crippen molar-refractivity contribution >= 4 is 5.78 Å². The van der Waals surface area contributed by atoms with Crippen molar-refractivity contribution < 1.29 is 29.6 Å². The average Bonchev–Trinajstić information content (AvgIpc) is 2.95. The lowest BCUT2D eigenvalue weighted by atomic mass is 9.85. The quantitative estimate of drug-likeness (QED) is 0.713. The summed E-state index contributed by atoms with van der Waals surface area (Å²) in [5.74, 6) is 0.0111. The molecular formula is C20H28O6. The fraction of sp³-hybridized carbons (Fsp3) is 0.650. The molecule has 6 heteroatoms. The maximum atomic E-state index is 12.8. The number of fused-ring (bicyclic) bond motifs is 3. The van der Waals surface area contributed by atoms with Crippen molar-refractivity contribution in [3.05, 3.63) is 16.7 Å². The molecule has 2 heterocycles. The van der Waals surface area contributed by atoms with E-state index in [1.807, 2.05) is 0 Å². The lowest BCUT2D eigenvalue weighted by molar-refractivity contribution is -0.0447. The minimum absolute atomic E-state index is 0.142. The molecule has 2 aliphatic rings. The van der Waals surface area contributed by atoms with Crippen LogP contribution in [0, 0.1) is 5.92 Å². The van der Waals surface area contributed by atoms with Crippen LogP contribution in [0.2, 0.25) is 0 Å². The molecule has 6 nitrogen and oxygen atoms in total. The number of aliphatic hydroxyl groups is 2. The number of hydrogen-bond donors (Lipinski definition) is 3. The number of carbonyl (C=O) groups is 1. The predicted molar refractivity (Wildman–Crippen MR) is 96.1 cm³/mol. The molecule has 0 fully saturated rings. The first kappa shape index (κ1) is 19.0. The highest BCUT2D eigenvalue weighted by Gasteiger charge is 2.46. The summed E-state index contributed by atoms with van der Waals surface area (Å²) in [5.41, 5.74) is -0.786. The molecule has 0 radical (unpaired) electrons. The number of rotatable bonds is 3. The van der Waals surface area contributed by atoms with Gasteiger partial charge in [0.15, 0.2) is 5.78 Å². The molecule has 3 rings (SSSR count). The van der Waals surface area contributed by atoms with Gasteiger partial charge in [-0.05, 0) is 27.7 Å². The second-order valence-electron chi connectivity index (χ2n) is 8.75. The number of ketones is 1. The molecular weight excluding hydrogens is 336 g/mol. The van der Waals surface area contributed by atoms with Gasteiger partial charge in [-0.15, -0.1) is 0 Å². The van der Waals surface area contributed by atoms with Gasteiger partial charge in [0.1, 0.15) is 34.5 Å². The molecule has 2 aliphatic heterocycles. The van der Waals surface area contributed by atoms with E-state index in [-0.39, 0.29) is 41.6 Å². The van der Waals surface area contributed by atoms with Crippen LogP contribution >= 0.6 is 0 Å². The van der Waals surface area contributed by atoms with Crippen molar-refractivity contribution in [3.8, 4) is 17.2 Å². The molecule has 3 N–H and O–H groups in total. The van der Waals surface area contributed by atoms with Crippen molar-refractivity contribution in [1.29, 1.82) is 0 Å². The standard InChI is InChI=1S/C20H28O6/c1-9(2)15(22)14-16(23)10-8-13(19(3,4)24)25-17(10)11-7-12(21)20(5,6)26-18(11)14/h9,12-13,21,23-24H,7-8H2,1-6H3/t12-,13+/m0/s1. The molecule has 0 aliphatic carbocycles. The maximum Gasteiger partial charge on any atom is 0.172 e. The first-order chi connectivity index (χ1) is 11.8. The number of aliphatic hydroxyl groups excluding tert-OH is 1. The third-order valence-corrected chi connectivity index (χ3v) is 5.35. The van der Waals surface area contributed by atoms with Gasteiger partial charge in [-0.25, -0.2) is 0 Å². The number of benzene rings is 1.